The summed E-state index contributed by atoms with van der Waals surface area (Å²) in [6.45, 7) is 4.34. The molecule has 0 heteroatoms. The van der Waals surface area contributed by atoms with Crippen molar-refractivity contribution in [3.63, 3.8) is 0 Å². The van der Waals surface area contributed by atoms with Crippen LogP contribution in [-0.4, -0.2) is 0 Å². The molecule has 0 radical (unpaired) electrons. The van der Waals surface area contributed by atoms with Crippen molar-refractivity contribution in [1.29, 1.82) is 0 Å². The molecule has 0 spiro atoms. The van der Waals surface area contributed by atoms with E-state index >= 15 is 0 Å². The van der Waals surface area contributed by atoms with Gasteiger partial charge in [0.25, 0.3) is 0 Å². The van der Waals surface area contributed by atoms with Gasteiger partial charge in [-0.15, -0.1) is 0 Å². The molecule has 0 atom stereocenters. The van der Waals surface area contributed by atoms with Gasteiger partial charge in [0.1, 0.15) is 0 Å². The highest BCUT2D eigenvalue weighted by Crippen LogP contribution is 2.22. The highest BCUT2D eigenvalue weighted by molar-refractivity contribution is 5.14. The van der Waals surface area contributed by atoms with Crippen LogP contribution in [0.4, 0.5) is 0 Å². The van der Waals surface area contributed by atoms with Gasteiger partial charge in [-0.3, -0.25) is 0 Å². The van der Waals surface area contributed by atoms with Gasteiger partial charge in [-0.2, -0.15) is 0 Å². The fraction of sp³-hybridized carbons (Fsp3) is 0.636. The summed E-state index contributed by atoms with van der Waals surface area (Å²) in [7, 11) is 0. The van der Waals surface area contributed by atoms with Crippen molar-refractivity contribution in [2.45, 2.75) is 46.0 Å². The van der Waals surface area contributed by atoms with Crippen LogP contribution in [0.2, 0.25) is 0 Å². The molecule has 62 valence electrons. The molecule has 0 saturated heterocycles. The molecule has 0 nitrogen and oxygen atoms in total. The van der Waals surface area contributed by atoms with Crippen molar-refractivity contribution in [2.24, 2.45) is 0 Å². The van der Waals surface area contributed by atoms with Crippen molar-refractivity contribution in [2.75, 3.05) is 0 Å². The molecular formula is C11H18. The Balaban J connectivity index is 2.41. The minimum Gasteiger partial charge on any atom is -0.0884 e. The Labute approximate surface area is 70.0 Å². The van der Waals surface area contributed by atoms with Crippen molar-refractivity contribution in [3.05, 3.63) is 23.3 Å². The molecule has 0 unspecified atom stereocenters. The quantitative estimate of drug-likeness (QED) is 0.524. The summed E-state index contributed by atoms with van der Waals surface area (Å²) in [6.07, 6.45) is 11.3. The molecule has 0 fully saturated rings. The van der Waals surface area contributed by atoms with Crippen LogP contribution in [0.3, 0.4) is 0 Å². The fourth-order valence-corrected chi connectivity index (χ4v) is 1.53. The molecule has 0 heterocycles. The van der Waals surface area contributed by atoms with Gasteiger partial charge in [-0.1, -0.05) is 23.3 Å². The topological polar surface area (TPSA) is 0 Å². The Morgan fingerprint density at radius 3 is 2.91 bits per heavy atom. The highest BCUT2D eigenvalue weighted by atomic mass is 14.1. The van der Waals surface area contributed by atoms with E-state index in [4.69, 9.17) is 0 Å². The molecule has 0 amide bonds. The normalized spacial score (nSPS) is 19.8. The monoisotopic (exact) mass is 150 g/mol. The van der Waals surface area contributed by atoms with E-state index in [1.165, 1.54) is 37.7 Å². The predicted octanol–water partition coefficient (Wildman–Crippen LogP) is 3.84. The van der Waals surface area contributed by atoms with Crippen LogP contribution in [0.15, 0.2) is 23.3 Å². The standard InChI is InChI=1S/C11H18/c1-3-10(2)9-11-7-5-4-6-8-11/h3,7H,4-6,8-9H2,1-2H3. The van der Waals surface area contributed by atoms with Gasteiger partial charge in [-0.25, -0.2) is 0 Å². The Morgan fingerprint density at radius 2 is 2.36 bits per heavy atom. The lowest BCUT2D eigenvalue weighted by Crippen LogP contribution is -1.92. The van der Waals surface area contributed by atoms with Gasteiger partial charge in [-0.05, 0) is 46.0 Å². The maximum atomic E-state index is 2.43. The molecule has 1 rings (SSSR count). The minimum atomic E-state index is 1.22. The summed E-state index contributed by atoms with van der Waals surface area (Å²) in [5.41, 5.74) is 3.17. The first-order valence-electron chi connectivity index (χ1n) is 4.62. The molecular weight excluding hydrogens is 132 g/mol. The lowest BCUT2D eigenvalue weighted by atomic mass is 9.94. The molecule has 0 saturated carbocycles. The lowest BCUT2D eigenvalue weighted by molar-refractivity contribution is 0.687. The van der Waals surface area contributed by atoms with Crippen LogP contribution >= 0.6 is 0 Å². The first kappa shape index (κ1) is 8.58. The Hall–Kier alpha value is -0.520. The van der Waals surface area contributed by atoms with E-state index in [-0.39, 0.29) is 0 Å². The molecule has 0 aromatic rings. The van der Waals surface area contributed by atoms with E-state index in [0.29, 0.717) is 0 Å². The zero-order valence-electron chi connectivity index (χ0n) is 7.69. The third kappa shape index (κ3) is 2.92. The second-order valence-electron chi connectivity index (χ2n) is 3.42. The molecule has 1 aliphatic rings. The molecule has 0 N–H and O–H groups in total. The number of hydrogen-bond donors (Lipinski definition) is 0. The third-order valence-electron chi connectivity index (χ3n) is 2.38. The average molecular weight is 150 g/mol. The highest BCUT2D eigenvalue weighted by Gasteiger charge is 2.02. The van der Waals surface area contributed by atoms with E-state index in [2.05, 4.69) is 26.0 Å². The first-order chi connectivity index (χ1) is 5.33. The van der Waals surface area contributed by atoms with Gasteiger partial charge in [0.05, 0.1) is 0 Å². The summed E-state index contributed by atoms with van der Waals surface area (Å²) in [6, 6.07) is 0. The Bertz CT molecular complexity index is 172. The van der Waals surface area contributed by atoms with E-state index in [1.807, 2.05) is 0 Å². The van der Waals surface area contributed by atoms with E-state index < -0.39 is 0 Å². The van der Waals surface area contributed by atoms with Crippen molar-refractivity contribution < 1.29 is 0 Å². The molecule has 1 aliphatic carbocycles. The summed E-state index contributed by atoms with van der Waals surface area (Å²) in [4.78, 5) is 0. The zero-order valence-corrected chi connectivity index (χ0v) is 7.69. The predicted molar refractivity (Wildman–Crippen MR) is 50.6 cm³/mol. The van der Waals surface area contributed by atoms with Crippen LogP contribution < -0.4 is 0 Å². The van der Waals surface area contributed by atoms with Crippen molar-refractivity contribution >= 4 is 0 Å². The summed E-state index contributed by atoms with van der Waals surface area (Å²) >= 11 is 0. The van der Waals surface area contributed by atoms with Crippen LogP contribution in [0.25, 0.3) is 0 Å². The van der Waals surface area contributed by atoms with Gasteiger partial charge in [0.2, 0.25) is 0 Å². The van der Waals surface area contributed by atoms with E-state index in [9.17, 15) is 0 Å². The second-order valence-corrected chi connectivity index (χ2v) is 3.42. The van der Waals surface area contributed by atoms with Crippen molar-refractivity contribution in [3.8, 4) is 0 Å². The number of hydrogen-bond acceptors (Lipinski definition) is 0. The van der Waals surface area contributed by atoms with Crippen LogP contribution in [0.5, 0.6) is 0 Å². The summed E-state index contributed by atoms with van der Waals surface area (Å²) in [5, 5.41) is 0. The summed E-state index contributed by atoms with van der Waals surface area (Å²) < 4.78 is 0. The summed E-state index contributed by atoms with van der Waals surface area (Å²) in [5.74, 6) is 0. The SMILES string of the molecule is CC=C(C)CC1=CCCCC1. The largest absolute Gasteiger partial charge is 0.0884 e. The maximum Gasteiger partial charge on any atom is -0.0111 e. The first-order valence-corrected chi connectivity index (χ1v) is 4.62. The third-order valence-corrected chi connectivity index (χ3v) is 2.38. The number of rotatable bonds is 2. The van der Waals surface area contributed by atoms with Gasteiger partial charge < -0.3 is 0 Å². The average Bonchev–Trinajstić information content (AvgIpc) is 2.06. The van der Waals surface area contributed by atoms with E-state index in [0.717, 1.165) is 0 Å². The fourth-order valence-electron chi connectivity index (χ4n) is 1.53. The molecule has 0 aliphatic heterocycles. The Morgan fingerprint density at radius 1 is 1.55 bits per heavy atom. The lowest BCUT2D eigenvalue weighted by Gasteiger charge is -2.12. The second kappa shape index (κ2) is 4.38. The van der Waals surface area contributed by atoms with Gasteiger partial charge in [0, 0.05) is 0 Å². The zero-order chi connectivity index (χ0) is 8.10. The van der Waals surface area contributed by atoms with Gasteiger partial charge >= 0.3 is 0 Å². The molecule has 0 aromatic heterocycles. The minimum absolute atomic E-state index is 1.22. The maximum absolute atomic E-state index is 2.43. The molecule has 0 bridgehead atoms. The molecule has 0 aromatic carbocycles. The van der Waals surface area contributed by atoms with E-state index in [1.54, 1.807) is 5.57 Å². The smallest absolute Gasteiger partial charge is 0.0111 e. The van der Waals surface area contributed by atoms with Crippen LogP contribution in [0.1, 0.15) is 46.0 Å². The van der Waals surface area contributed by atoms with Gasteiger partial charge in [0.15, 0.2) is 0 Å². The van der Waals surface area contributed by atoms with Crippen LogP contribution in [-0.2, 0) is 0 Å². The van der Waals surface area contributed by atoms with Crippen LogP contribution in [0, 0.1) is 0 Å². The molecule has 11 heavy (non-hydrogen) atoms. The Kier molecular flexibility index (Phi) is 3.41. The number of allylic oxidation sites excluding steroid dienone is 4. The van der Waals surface area contributed by atoms with Crippen molar-refractivity contribution in [1.82, 2.24) is 0 Å².